The van der Waals surface area contributed by atoms with Crippen molar-refractivity contribution in [2.45, 2.75) is 50.9 Å². The minimum absolute atomic E-state index is 0.127. The first-order valence-corrected chi connectivity index (χ1v) is 12.8. The third-order valence-electron chi connectivity index (χ3n) is 7.62. The molecule has 1 heterocycles. The Morgan fingerprint density at radius 2 is 1.83 bits per heavy atom. The maximum absolute atomic E-state index is 12.7. The molecule has 0 unspecified atom stereocenters. The van der Waals surface area contributed by atoms with Crippen LogP contribution in [-0.2, 0) is 10.2 Å². The topological polar surface area (TPSA) is 129 Å². The molecule has 0 spiro atoms. The van der Waals surface area contributed by atoms with E-state index in [-0.39, 0.29) is 22.0 Å². The molecular weight excluding hydrogens is 534 g/mol. The van der Waals surface area contributed by atoms with Crippen LogP contribution in [0.3, 0.4) is 0 Å². The number of aromatic hydroxyl groups is 1. The summed E-state index contributed by atoms with van der Waals surface area (Å²) in [7, 11) is 0. The summed E-state index contributed by atoms with van der Waals surface area (Å²) in [5, 5.41) is 10.7. The summed E-state index contributed by atoms with van der Waals surface area (Å²) in [6, 6.07) is 5.91. The van der Waals surface area contributed by atoms with E-state index < -0.39 is 17.1 Å². The summed E-state index contributed by atoms with van der Waals surface area (Å²) in [5.41, 5.74) is 4.68. The van der Waals surface area contributed by atoms with E-state index in [4.69, 9.17) is 12.2 Å². The Morgan fingerprint density at radius 1 is 1.20 bits per heavy atom. The Bertz CT molecular complexity index is 1330. The summed E-state index contributed by atoms with van der Waals surface area (Å²) in [5.74, 6) is 1.47. The quantitative estimate of drug-likeness (QED) is 0.260. The number of carbonyl (C=O) groups is 1. The van der Waals surface area contributed by atoms with Crippen LogP contribution in [0.25, 0.3) is 5.69 Å². The van der Waals surface area contributed by atoms with Crippen molar-refractivity contribution in [1.82, 2.24) is 20.4 Å². The fourth-order valence-electron chi connectivity index (χ4n) is 6.66. The van der Waals surface area contributed by atoms with Crippen molar-refractivity contribution in [3.05, 3.63) is 54.6 Å². The first-order chi connectivity index (χ1) is 16.6. The number of hydrogen-bond acceptors (Lipinski definition) is 5. The number of aromatic nitrogens is 2. The molecule has 11 heteroatoms. The van der Waals surface area contributed by atoms with Gasteiger partial charge in [-0.1, -0.05) is 6.07 Å². The molecule has 0 atom stereocenters. The molecular formula is C24H26BrN5O4S. The predicted octanol–water partition coefficient (Wildman–Crippen LogP) is 2.81. The molecule has 35 heavy (non-hydrogen) atoms. The summed E-state index contributed by atoms with van der Waals surface area (Å²) in [6.45, 7) is 1.29. The van der Waals surface area contributed by atoms with Gasteiger partial charge in [0.2, 0.25) is 16.9 Å². The molecule has 1 aromatic carbocycles. The zero-order valence-electron chi connectivity index (χ0n) is 19.1. The summed E-state index contributed by atoms with van der Waals surface area (Å²) in [6.07, 6.45) is 8.73. The summed E-state index contributed by atoms with van der Waals surface area (Å²) >= 11 is 8.56. The Hall–Kier alpha value is -2.79. The van der Waals surface area contributed by atoms with Crippen LogP contribution >= 0.6 is 28.1 Å². The average molecular weight is 560 g/mol. The molecule has 4 aliphatic carbocycles. The average Bonchev–Trinajstić information content (AvgIpc) is 2.77. The molecule has 4 N–H and O–H groups in total. The number of thiocarbonyl (C=S) groups is 1. The van der Waals surface area contributed by atoms with Crippen molar-refractivity contribution >= 4 is 45.4 Å². The van der Waals surface area contributed by atoms with Gasteiger partial charge < -0.3 is 5.11 Å². The molecule has 0 saturated heterocycles. The number of hydrazine groups is 1. The van der Waals surface area contributed by atoms with E-state index in [0.717, 1.165) is 28.5 Å². The number of rotatable bonds is 3. The Kier molecular flexibility index (Phi) is 6.16. The molecule has 1 aromatic heterocycles. The summed E-state index contributed by atoms with van der Waals surface area (Å²) in [4.78, 5) is 42.1. The second-order valence-electron chi connectivity index (χ2n) is 10.1. The SMILES string of the molecule is CC(=O)NNC(=S)N=Cc1c(O)n(-c2ccc(C34CC5CC(CC(C5)C3)C4)cc2Br)c(=O)[nH]c1=O. The molecule has 2 aromatic rings. The van der Waals surface area contributed by atoms with Crippen LogP contribution < -0.4 is 22.1 Å². The molecule has 9 nitrogen and oxygen atoms in total. The molecule has 6 rings (SSSR count). The molecule has 4 bridgehead atoms. The number of H-pyrrole nitrogens is 1. The zero-order valence-corrected chi connectivity index (χ0v) is 21.5. The summed E-state index contributed by atoms with van der Waals surface area (Å²) < 4.78 is 1.68. The van der Waals surface area contributed by atoms with Gasteiger partial charge in [-0.15, -0.1) is 0 Å². The highest BCUT2D eigenvalue weighted by molar-refractivity contribution is 9.10. The van der Waals surface area contributed by atoms with Gasteiger partial charge in [0, 0.05) is 17.6 Å². The monoisotopic (exact) mass is 559 g/mol. The Labute approximate surface area is 215 Å². The number of nitrogens with zero attached hydrogens (tertiary/aromatic N) is 2. The third kappa shape index (κ3) is 4.47. The Morgan fingerprint density at radius 3 is 2.40 bits per heavy atom. The van der Waals surface area contributed by atoms with Gasteiger partial charge in [-0.05, 0) is 108 Å². The molecule has 1 amide bonds. The van der Waals surface area contributed by atoms with Gasteiger partial charge >= 0.3 is 5.69 Å². The predicted molar refractivity (Wildman–Crippen MR) is 139 cm³/mol. The van der Waals surface area contributed by atoms with E-state index in [9.17, 15) is 19.5 Å². The van der Waals surface area contributed by atoms with Crippen molar-refractivity contribution < 1.29 is 9.90 Å². The maximum Gasteiger partial charge on any atom is 0.335 e. The second-order valence-corrected chi connectivity index (χ2v) is 11.3. The lowest BCUT2D eigenvalue weighted by atomic mass is 9.48. The standard InChI is InChI=1S/C24H26BrN5O4S/c1-12(31)28-29-22(35)26-11-17-20(32)27-23(34)30(21(17)33)19-3-2-16(7-18(19)25)24-8-13-4-14(9-24)6-15(5-13)10-24/h2-3,7,11,13-15,33H,4-6,8-10H2,1H3,(H,28,31)(H,29,35)(H,27,32,34). The van der Waals surface area contributed by atoms with Crippen molar-refractivity contribution in [2.75, 3.05) is 0 Å². The lowest BCUT2D eigenvalue weighted by Gasteiger charge is -2.57. The van der Waals surface area contributed by atoms with Gasteiger partial charge in [0.05, 0.1) is 5.69 Å². The van der Waals surface area contributed by atoms with Crippen molar-refractivity contribution in [3.8, 4) is 11.6 Å². The number of aliphatic imine (C=N–C) groups is 1. The highest BCUT2D eigenvalue weighted by atomic mass is 79.9. The molecule has 4 fully saturated rings. The van der Waals surface area contributed by atoms with Gasteiger partial charge in [-0.3, -0.25) is 25.4 Å². The van der Waals surface area contributed by atoms with Crippen molar-refractivity contribution in [3.63, 3.8) is 0 Å². The normalized spacial score (nSPS) is 26.7. The fraction of sp³-hybridized carbons (Fsp3) is 0.458. The number of amides is 1. The smallest absolute Gasteiger partial charge is 0.335 e. The number of benzene rings is 1. The number of aromatic amines is 1. The second kappa shape index (κ2) is 9.02. The van der Waals surface area contributed by atoms with Gasteiger partial charge in [0.1, 0.15) is 5.56 Å². The highest BCUT2D eigenvalue weighted by Crippen LogP contribution is 2.60. The number of carbonyl (C=O) groups excluding carboxylic acids is 1. The van der Waals surface area contributed by atoms with E-state index in [1.165, 1.54) is 51.0 Å². The molecule has 0 radical (unpaired) electrons. The minimum Gasteiger partial charge on any atom is -0.493 e. The Balaban J connectivity index is 1.48. The highest BCUT2D eigenvalue weighted by Gasteiger charge is 2.51. The maximum atomic E-state index is 12.7. The molecule has 184 valence electrons. The van der Waals surface area contributed by atoms with Crippen LogP contribution in [0.4, 0.5) is 0 Å². The number of halogens is 1. The van der Waals surface area contributed by atoms with Crippen LogP contribution in [0.1, 0.15) is 56.6 Å². The van der Waals surface area contributed by atoms with Gasteiger partial charge in [0.15, 0.2) is 0 Å². The van der Waals surface area contributed by atoms with E-state index in [0.29, 0.717) is 10.2 Å². The van der Waals surface area contributed by atoms with Gasteiger partial charge in [-0.2, -0.15) is 0 Å². The largest absolute Gasteiger partial charge is 0.493 e. The zero-order chi connectivity index (χ0) is 24.9. The lowest BCUT2D eigenvalue weighted by Crippen LogP contribution is -2.48. The van der Waals surface area contributed by atoms with E-state index in [2.05, 4.69) is 42.8 Å². The molecule has 4 saturated carbocycles. The molecule has 0 aliphatic heterocycles. The van der Waals surface area contributed by atoms with Crippen LogP contribution in [0.15, 0.2) is 37.3 Å². The van der Waals surface area contributed by atoms with Crippen molar-refractivity contribution in [2.24, 2.45) is 22.7 Å². The van der Waals surface area contributed by atoms with Crippen molar-refractivity contribution in [1.29, 1.82) is 0 Å². The fourth-order valence-corrected chi connectivity index (χ4v) is 7.32. The minimum atomic E-state index is -0.809. The first kappa shape index (κ1) is 23.9. The van der Waals surface area contributed by atoms with Gasteiger partial charge in [-0.25, -0.2) is 14.4 Å². The number of nitrogens with one attached hydrogen (secondary N) is 3. The van der Waals surface area contributed by atoms with Crippen LogP contribution in [0.5, 0.6) is 5.88 Å². The number of hydrogen-bond donors (Lipinski definition) is 4. The third-order valence-corrected chi connectivity index (χ3v) is 8.46. The van der Waals surface area contributed by atoms with Crippen LogP contribution in [-0.4, -0.2) is 31.9 Å². The lowest BCUT2D eigenvalue weighted by molar-refractivity contribution is -0.119. The van der Waals surface area contributed by atoms with Gasteiger partial charge in [0.25, 0.3) is 5.56 Å². The molecule has 4 aliphatic rings. The van der Waals surface area contributed by atoms with Crippen LogP contribution in [0, 0.1) is 17.8 Å². The van der Waals surface area contributed by atoms with E-state index in [1.807, 2.05) is 6.07 Å². The van der Waals surface area contributed by atoms with E-state index >= 15 is 0 Å². The van der Waals surface area contributed by atoms with Crippen LogP contribution in [0.2, 0.25) is 0 Å². The van der Waals surface area contributed by atoms with E-state index in [1.54, 1.807) is 6.07 Å². The first-order valence-electron chi connectivity index (χ1n) is 11.6.